The van der Waals surface area contributed by atoms with E-state index >= 15 is 0 Å². The van der Waals surface area contributed by atoms with Crippen LogP contribution in [0.3, 0.4) is 0 Å². The predicted octanol–water partition coefficient (Wildman–Crippen LogP) is 2.84. The molecule has 0 bridgehead atoms. The van der Waals surface area contributed by atoms with E-state index < -0.39 is 0 Å². The van der Waals surface area contributed by atoms with Crippen LogP contribution in [-0.4, -0.2) is 40.0 Å². The Bertz CT molecular complexity index is 747. The molecule has 1 aliphatic heterocycles. The fourth-order valence-electron chi connectivity index (χ4n) is 3.73. The van der Waals surface area contributed by atoms with E-state index in [0.717, 1.165) is 11.3 Å². The summed E-state index contributed by atoms with van der Waals surface area (Å²) in [5.74, 6) is 0.853. The monoisotopic (exact) mass is 321 g/mol. The third kappa shape index (κ3) is 1.95. The molecule has 2 fully saturated rings. The van der Waals surface area contributed by atoms with Crippen LogP contribution in [0.5, 0.6) is 0 Å². The van der Waals surface area contributed by atoms with Gasteiger partial charge in [0.1, 0.15) is 11.3 Å². The molecule has 2 aromatic heterocycles. The molecule has 2 aromatic rings. The second-order valence-electron chi connectivity index (χ2n) is 6.19. The predicted molar refractivity (Wildman–Crippen MR) is 81.9 cm³/mol. The van der Waals surface area contributed by atoms with Crippen LogP contribution < -0.4 is 0 Å². The van der Waals surface area contributed by atoms with Gasteiger partial charge >= 0.3 is 0 Å². The van der Waals surface area contributed by atoms with Crippen LogP contribution in [0.1, 0.15) is 23.1 Å². The second kappa shape index (κ2) is 4.95. The summed E-state index contributed by atoms with van der Waals surface area (Å²) in [5, 5.41) is 0.573. The van der Waals surface area contributed by atoms with Gasteiger partial charge in [0.15, 0.2) is 0 Å². The molecule has 0 spiro atoms. The Morgan fingerprint density at radius 1 is 1.41 bits per heavy atom. The van der Waals surface area contributed by atoms with Gasteiger partial charge in [0, 0.05) is 19.3 Å². The van der Waals surface area contributed by atoms with Gasteiger partial charge in [-0.15, -0.1) is 0 Å². The lowest BCUT2D eigenvalue weighted by Crippen LogP contribution is -2.33. The molecule has 2 aliphatic rings. The van der Waals surface area contributed by atoms with E-state index in [1.54, 1.807) is 16.7 Å². The molecule has 4 rings (SSSR count). The molecule has 22 heavy (non-hydrogen) atoms. The lowest BCUT2D eigenvalue weighted by atomic mass is 10.2. The van der Waals surface area contributed by atoms with Crippen molar-refractivity contribution in [1.82, 2.24) is 14.3 Å². The van der Waals surface area contributed by atoms with Crippen LogP contribution in [0.25, 0.3) is 5.65 Å². The molecule has 0 radical (unpaired) electrons. The van der Waals surface area contributed by atoms with Gasteiger partial charge in [-0.25, -0.2) is 4.98 Å². The molecule has 116 valence electrons. The number of rotatable bonds is 3. The number of likely N-dealkylation sites (tertiary alicyclic amines) is 1. The van der Waals surface area contributed by atoms with Crippen molar-refractivity contribution in [2.45, 2.75) is 13.3 Å². The second-order valence-corrected chi connectivity index (χ2v) is 6.63. The van der Waals surface area contributed by atoms with Gasteiger partial charge in [-0.1, -0.05) is 18.5 Å². The van der Waals surface area contributed by atoms with Crippen molar-refractivity contribution in [3.05, 3.63) is 34.7 Å². The molecular weight excluding hydrogens is 305 g/mol. The number of amides is 1. The summed E-state index contributed by atoms with van der Waals surface area (Å²) < 4.78 is 14.5. The fraction of sp³-hybridized carbons (Fsp3) is 0.500. The van der Waals surface area contributed by atoms with Crippen LogP contribution in [0, 0.1) is 17.8 Å². The maximum atomic E-state index is 12.9. The van der Waals surface area contributed by atoms with Crippen LogP contribution in [0.15, 0.2) is 18.3 Å². The normalized spacial score (nSPS) is 26.5. The van der Waals surface area contributed by atoms with Crippen molar-refractivity contribution >= 4 is 23.2 Å². The molecule has 1 unspecified atom stereocenters. The number of aromatic nitrogens is 2. The smallest absolute Gasteiger partial charge is 0.272 e. The minimum absolute atomic E-state index is 0.0172. The van der Waals surface area contributed by atoms with Crippen LogP contribution in [0.2, 0.25) is 5.02 Å². The average molecular weight is 322 g/mol. The van der Waals surface area contributed by atoms with Crippen molar-refractivity contribution in [2.24, 2.45) is 17.8 Å². The van der Waals surface area contributed by atoms with E-state index in [1.807, 2.05) is 17.9 Å². The number of aryl methyl sites for hydroxylation is 1. The molecule has 1 saturated carbocycles. The number of pyridine rings is 1. The molecular formula is C16H17ClFN3O. The van der Waals surface area contributed by atoms with Gasteiger partial charge in [0.2, 0.25) is 0 Å². The minimum Gasteiger partial charge on any atom is -0.337 e. The van der Waals surface area contributed by atoms with Crippen molar-refractivity contribution in [1.29, 1.82) is 0 Å². The first kappa shape index (κ1) is 14.0. The first-order valence-electron chi connectivity index (χ1n) is 7.65. The number of fused-ring (bicyclic) bond motifs is 2. The molecule has 0 N–H and O–H groups in total. The quantitative estimate of drug-likeness (QED) is 0.872. The van der Waals surface area contributed by atoms with Crippen LogP contribution >= 0.6 is 11.6 Å². The highest BCUT2D eigenvalue weighted by atomic mass is 35.5. The lowest BCUT2D eigenvalue weighted by molar-refractivity contribution is 0.0757. The molecule has 3 atom stereocenters. The number of hydrogen-bond donors (Lipinski definition) is 0. The van der Waals surface area contributed by atoms with Gasteiger partial charge in [-0.3, -0.25) is 13.6 Å². The van der Waals surface area contributed by atoms with Gasteiger partial charge in [-0.05, 0) is 36.3 Å². The van der Waals surface area contributed by atoms with Crippen molar-refractivity contribution in [3.63, 3.8) is 0 Å². The first-order chi connectivity index (χ1) is 10.6. The number of alkyl halides is 1. The van der Waals surface area contributed by atoms with Gasteiger partial charge in [-0.2, -0.15) is 0 Å². The highest BCUT2D eigenvalue weighted by Gasteiger charge is 2.56. The molecule has 1 aliphatic carbocycles. The highest BCUT2D eigenvalue weighted by Crippen LogP contribution is 2.52. The number of piperidine rings is 1. The zero-order valence-electron chi connectivity index (χ0n) is 12.3. The number of carbonyl (C=O) groups is 1. The average Bonchev–Trinajstić information content (AvgIpc) is 2.88. The van der Waals surface area contributed by atoms with Gasteiger partial charge in [0.25, 0.3) is 5.91 Å². The summed E-state index contributed by atoms with van der Waals surface area (Å²) in [6.45, 7) is 3.05. The van der Waals surface area contributed by atoms with E-state index in [1.165, 1.54) is 0 Å². The zero-order valence-corrected chi connectivity index (χ0v) is 13.1. The number of nitrogens with zero attached hydrogens (tertiary/aromatic N) is 3. The van der Waals surface area contributed by atoms with Gasteiger partial charge in [0.05, 0.1) is 17.4 Å². The highest BCUT2D eigenvalue weighted by molar-refractivity contribution is 6.30. The summed E-state index contributed by atoms with van der Waals surface area (Å²) in [5.41, 5.74) is 2.11. The Balaban J connectivity index is 1.68. The van der Waals surface area contributed by atoms with Crippen molar-refractivity contribution in [3.8, 4) is 0 Å². The molecule has 4 nitrogen and oxygen atoms in total. The minimum atomic E-state index is -0.261. The number of imidazole rings is 1. The zero-order chi connectivity index (χ0) is 15.4. The summed E-state index contributed by atoms with van der Waals surface area (Å²) in [6.07, 6.45) is 2.42. The van der Waals surface area contributed by atoms with Crippen LogP contribution in [0.4, 0.5) is 4.39 Å². The Hall–Kier alpha value is -1.62. The van der Waals surface area contributed by atoms with E-state index in [4.69, 9.17) is 11.6 Å². The van der Waals surface area contributed by atoms with Crippen molar-refractivity contribution in [2.75, 3.05) is 19.8 Å². The Morgan fingerprint density at radius 2 is 2.14 bits per heavy atom. The number of carbonyl (C=O) groups excluding carboxylic acids is 1. The summed E-state index contributed by atoms with van der Waals surface area (Å²) in [6, 6.07) is 3.59. The lowest BCUT2D eigenvalue weighted by Gasteiger charge is -2.19. The summed E-state index contributed by atoms with van der Waals surface area (Å²) in [7, 11) is 0. The van der Waals surface area contributed by atoms with Gasteiger partial charge < -0.3 is 4.90 Å². The van der Waals surface area contributed by atoms with Crippen molar-refractivity contribution < 1.29 is 9.18 Å². The van der Waals surface area contributed by atoms with E-state index in [0.29, 0.717) is 42.1 Å². The molecule has 0 aromatic carbocycles. The van der Waals surface area contributed by atoms with E-state index in [-0.39, 0.29) is 18.5 Å². The van der Waals surface area contributed by atoms with Crippen LogP contribution in [-0.2, 0) is 6.42 Å². The molecule has 6 heteroatoms. The number of hydrogen-bond acceptors (Lipinski definition) is 2. The first-order valence-corrected chi connectivity index (χ1v) is 8.03. The maximum Gasteiger partial charge on any atom is 0.272 e. The Morgan fingerprint density at radius 3 is 2.77 bits per heavy atom. The third-order valence-corrected chi connectivity index (χ3v) is 5.25. The van der Waals surface area contributed by atoms with E-state index in [9.17, 15) is 9.18 Å². The number of halogens is 2. The fourth-order valence-corrected chi connectivity index (χ4v) is 3.89. The molecule has 3 heterocycles. The Labute approximate surface area is 132 Å². The Kier molecular flexibility index (Phi) is 3.15. The summed E-state index contributed by atoms with van der Waals surface area (Å²) in [4.78, 5) is 19.3. The summed E-state index contributed by atoms with van der Waals surface area (Å²) >= 11 is 6.06. The molecule has 1 amide bonds. The third-order valence-electron chi connectivity index (χ3n) is 5.03. The molecule has 1 saturated heterocycles. The maximum absolute atomic E-state index is 12.9. The standard InChI is InChI=1S/C16H17ClFN3O/c1-2-13-15(21-6-9(17)3-4-14(21)19-13)16(22)20-7-11-10(5-18)12(11)8-20/h3-4,6,10-12H,2,5,7-8H2,1H3/t10?,11-,12+. The largest absolute Gasteiger partial charge is 0.337 e. The SMILES string of the molecule is CCc1nc2ccc(Cl)cn2c1C(=O)N1C[C@@H]2C(CF)[C@@H]2C1. The topological polar surface area (TPSA) is 37.6 Å². The van der Waals surface area contributed by atoms with E-state index in [2.05, 4.69) is 4.98 Å².